The SMILES string of the molecule is COc1ccc(CCN2C(=O)C(=Cc3c(NCCCOC(C)C)nc4ccc(C)cn4c3=O)SC2=S)cc1OC. The molecule has 1 aromatic carbocycles. The Kier molecular flexibility index (Phi) is 9.83. The van der Waals surface area contributed by atoms with Gasteiger partial charge in [-0.1, -0.05) is 36.1 Å². The average molecular weight is 583 g/mol. The fourth-order valence-electron chi connectivity index (χ4n) is 4.22. The van der Waals surface area contributed by atoms with E-state index in [4.69, 9.17) is 31.4 Å². The molecule has 1 saturated heterocycles. The number of aromatic nitrogens is 2. The normalized spacial score (nSPS) is 14.6. The number of anilines is 1. The maximum absolute atomic E-state index is 13.6. The highest BCUT2D eigenvalue weighted by Crippen LogP contribution is 2.34. The fraction of sp³-hybridized carbons (Fsp3) is 0.379. The number of thioether (sulfide) groups is 1. The van der Waals surface area contributed by atoms with Gasteiger partial charge < -0.3 is 19.5 Å². The van der Waals surface area contributed by atoms with E-state index in [0.29, 0.717) is 63.9 Å². The zero-order chi connectivity index (χ0) is 28.8. The lowest BCUT2D eigenvalue weighted by atomic mass is 10.1. The number of pyridine rings is 1. The van der Waals surface area contributed by atoms with E-state index in [-0.39, 0.29) is 17.6 Å². The minimum Gasteiger partial charge on any atom is -0.493 e. The van der Waals surface area contributed by atoms with Crippen LogP contribution in [0, 0.1) is 6.92 Å². The third-order valence-corrected chi connectivity index (χ3v) is 7.67. The van der Waals surface area contributed by atoms with Crippen LogP contribution >= 0.6 is 24.0 Å². The van der Waals surface area contributed by atoms with E-state index < -0.39 is 0 Å². The summed E-state index contributed by atoms with van der Waals surface area (Å²) in [5, 5.41) is 3.27. The molecule has 3 heterocycles. The molecule has 2 aromatic heterocycles. The van der Waals surface area contributed by atoms with Crippen molar-refractivity contribution in [3.05, 3.63) is 68.5 Å². The molecule has 11 heteroatoms. The predicted molar refractivity (Wildman–Crippen MR) is 164 cm³/mol. The molecule has 0 radical (unpaired) electrons. The first kappa shape index (κ1) is 29.6. The number of fused-ring (bicyclic) bond motifs is 1. The Morgan fingerprint density at radius 3 is 2.62 bits per heavy atom. The lowest BCUT2D eigenvalue weighted by Crippen LogP contribution is -2.30. The number of rotatable bonds is 12. The van der Waals surface area contributed by atoms with Crippen LogP contribution in [-0.2, 0) is 16.0 Å². The Hall–Kier alpha value is -3.41. The predicted octanol–water partition coefficient (Wildman–Crippen LogP) is 4.69. The maximum atomic E-state index is 13.6. The van der Waals surface area contributed by atoms with E-state index >= 15 is 0 Å². The monoisotopic (exact) mass is 582 g/mol. The summed E-state index contributed by atoms with van der Waals surface area (Å²) in [5.74, 6) is 1.46. The molecule has 212 valence electrons. The number of carbonyl (C=O) groups excluding carboxylic acids is 1. The Labute approximate surface area is 243 Å². The van der Waals surface area contributed by atoms with Crippen LogP contribution in [0.5, 0.6) is 11.5 Å². The van der Waals surface area contributed by atoms with Crippen molar-refractivity contribution in [3.63, 3.8) is 0 Å². The summed E-state index contributed by atoms with van der Waals surface area (Å²) in [4.78, 5) is 33.6. The van der Waals surface area contributed by atoms with Crippen LogP contribution in [0.4, 0.5) is 5.82 Å². The zero-order valence-electron chi connectivity index (χ0n) is 23.4. The molecule has 40 heavy (non-hydrogen) atoms. The van der Waals surface area contributed by atoms with Crippen LogP contribution in [0.3, 0.4) is 0 Å². The van der Waals surface area contributed by atoms with Gasteiger partial charge >= 0.3 is 0 Å². The number of carbonyl (C=O) groups is 1. The van der Waals surface area contributed by atoms with Gasteiger partial charge in [0, 0.05) is 25.9 Å². The standard InChI is InChI=1S/C29H34N4O5S2/c1-18(2)38-14-6-12-30-26-21(27(34)33-17-19(3)7-10-25(33)31-26)16-24-28(35)32(29(39)40-24)13-11-20-8-9-22(36-4)23(15-20)37-5/h7-10,15-18,30H,6,11-14H2,1-5H3. The van der Waals surface area contributed by atoms with Crippen LogP contribution in [0.25, 0.3) is 11.7 Å². The Balaban J connectivity index is 1.58. The van der Waals surface area contributed by atoms with Gasteiger partial charge in [0.25, 0.3) is 11.5 Å². The van der Waals surface area contributed by atoms with Crippen molar-refractivity contribution in [1.82, 2.24) is 14.3 Å². The summed E-state index contributed by atoms with van der Waals surface area (Å²) in [6.45, 7) is 7.44. The number of thiocarbonyl (C=S) groups is 1. The molecular formula is C29H34N4O5S2. The largest absolute Gasteiger partial charge is 0.493 e. The number of methoxy groups -OCH3 is 2. The van der Waals surface area contributed by atoms with Gasteiger partial charge in [0.15, 0.2) is 11.5 Å². The lowest BCUT2D eigenvalue weighted by Gasteiger charge is -2.15. The summed E-state index contributed by atoms with van der Waals surface area (Å²) in [5.41, 5.74) is 2.49. The van der Waals surface area contributed by atoms with E-state index in [1.807, 2.05) is 45.0 Å². The first-order chi connectivity index (χ1) is 19.2. The van der Waals surface area contributed by atoms with Gasteiger partial charge in [0.2, 0.25) is 0 Å². The summed E-state index contributed by atoms with van der Waals surface area (Å²) < 4.78 is 18.3. The number of amides is 1. The first-order valence-electron chi connectivity index (χ1n) is 13.1. The molecular weight excluding hydrogens is 548 g/mol. The van der Waals surface area contributed by atoms with Gasteiger partial charge in [0.05, 0.1) is 30.8 Å². The van der Waals surface area contributed by atoms with Crippen LogP contribution in [-0.4, -0.2) is 64.5 Å². The number of ether oxygens (including phenoxy) is 3. The smallest absolute Gasteiger partial charge is 0.267 e. The fourth-order valence-corrected chi connectivity index (χ4v) is 5.51. The third kappa shape index (κ3) is 6.83. The molecule has 0 atom stereocenters. The van der Waals surface area contributed by atoms with Gasteiger partial charge in [-0.05, 0) is 69.0 Å². The second kappa shape index (κ2) is 13.3. The number of hydrogen-bond acceptors (Lipinski definition) is 9. The molecule has 1 amide bonds. The zero-order valence-corrected chi connectivity index (χ0v) is 25.0. The van der Waals surface area contributed by atoms with Crippen LogP contribution in [0.15, 0.2) is 46.2 Å². The molecule has 4 rings (SSSR count). The van der Waals surface area contributed by atoms with Gasteiger partial charge in [0.1, 0.15) is 15.8 Å². The molecule has 3 aromatic rings. The van der Waals surface area contributed by atoms with Gasteiger partial charge in [-0.25, -0.2) is 4.98 Å². The van der Waals surface area contributed by atoms with E-state index in [2.05, 4.69) is 5.32 Å². The molecule has 1 N–H and O–H groups in total. The minimum atomic E-state index is -0.259. The van der Waals surface area contributed by atoms with Crippen molar-refractivity contribution >= 4 is 51.7 Å². The van der Waals surface area contributed by atoms with Gasteiger partial charge in [-0.2, -0.15) is 0 Å². The number of nitrogens with zero attached hydrogens (tertiary/aromatic N) is 3. The quantitative estimate of drug-likeness (QED) is 0.185. The summed E-state index contributed by atoms with van der Waals surface area (Å²) >= 11 is 6.74. The Bertz CT molecular complexity index is 1500. The van der Waals surface area contributed by atoms with Gasteiger partial charge in [-0.15, -0.1) is 0 Å². The molecule has 1 aliphatic heterocycles. The number of aryl methyl sites for hydroxylation is 1. The summed E-state index contributed by atoms with van der Waals surface area (Å²) in [7, 11) is 3.17. The number of hydrogen-bond donors (Lipinski definition) is 1. The van der Waals surface area contributed by atoms with Crippen molar-refractivity contribution in [2.75, 3.05) is 39.2 Å². The molecule has 0 saturated carbocycles. The van der Waals surface area contributed by atoms with Crippen molar-refractivity contribution in [3.8, 4) is 11.5 Å². The van der Waals surface area contributed by atoms with Gasteiger partial charge in [-0.3, -0.25) is 18.9 Å². The first-order valence-corrected chi connectivity index (χ1v) is 14.3. The van der Waals surface area contributed by atoms with Crippen molar-refractivity contribution in [2.24, 2.45) is 0 Å². The number of benzene rings is 1. The highest BCUT2D eigenvalue weighted by molar-refractivity contribution is 8.26. The maximum Gasteiger partial charge on any atom is 0.267 e. The Morgan fingerprint density at radius 2 is 1.90 bits per heavy atom. The average Bonchev–Trinajstić information content (AvgIpc) is 3.20. The van der Waals surface area contributed by atoms with E-state index in [1.165, 1.54) is 16.2 Å². The van der Waals surface area contributed by atoms with Crippen LogP contribution in [0.2, 0.25) is 0 Å². The molecule has 9 nitrogen and oxygen atoms in total. The van der Waals surface area contributed by atoms with E-state index in [9.17, 15) is 9.59 Å². The molecule has 1 fully saturated rings. The molecule has 0 unspecified atom stereocenters. The third-order valence-electron chi connectivity index (χ3n) is 6.29. The summed E-state index contributed by atoms with van der Waals surface area (Å²) in [6.07, 6.45) is 4.81. The topological polar surface area (TPSA) is 94.4 Å². The molecule has 1 aliphatic rings. The Morgan fingerprint density at radius 1 is 1.12 bits per heavy atom. The van der Waals surface area contributed by atoms with Crippen molar-refractivity contribution < 1.29 is 19.0 Å². The van der Waals surface area contributed by atoms with Crippen LogP contribution < -0.4 is 20.3 Å². The van der Waals surface area contributed by atoms with Crippen molar-refractivity contribution in [1.29, 1.82) is 0 Å². The molecule has 0 spiro atoms. The minimum absolute atomic E-state index is 0.149. The summed E-state index contributed by atoms with van der Waals surface area (Å²) in [6, 6.07) is 9.37. The second-order valence-corrected chi connectivity index (χ2v) is 11.3. The van der Waals surface area contributed by atoms with E-state index in [1.54, 1.807) is 37.5 Å². The molecule has 0 bridgehead atoms. The van der Waals surface area contributed by atoms with Crippen LogP contribution in [0.1, 0.15) is 37.0 Å². The highest BCUT2D eigenvalue weighted by atomic mass is 32.2. The number of nitrogens with one attached hydrogen (secondary N) is 1. The van der Waals surface area contributed by atoms with E-state index in [0.717, 1.165) is 17.5 Å². The van der Waals surface area contributed by atoms with Crippen molar-refractivity contribution in [2.45, 2.75) is 39.7 Å². The lowest BCUT2D eigenvalue weighted by molar-refractivity contribution is -0.122. The second-order valence-electron chi connectivity index (χ2n) is 9.59. The highest BCUT2D eigenvalue weighted by Gasteiger charge is 2.32. The molecule has 0 aliphatic carbocycles.